The Morgan fingerprint density at radius 1 is 1.19 bits per heavy atom. The lowest BCUT2D eigenvalue weighted by Crippen LogP contribution is -2.18. The molecule has 0 radical (unpaired) electrons. The number of nitrogens with zero attached hydrogens (tertiary/aromatic N) is 1. The van der Waals surface area contributed by atoms with E-state index in [0.29, 0.717) is 5.69 Å². The summed E-state index contributed by atoms with van der Waals surface area (Å²) in [7, 11) is 0. The molecule has 2 aromatic carbocycles. The number of aromatic nitrogens is 1. The molecule has 0 aliphatic carbocycles. The maximum absolute atomic E-state index is 12.1. The molecule has 3 aromatic rings. The normalized spacial score (nSPS) is 10.7. The van der Waals surface area contributed by atoms with Crippen molar-refractivity contribution in [1.29, 1.82) is 0 Å². The van der Waals surface area contributed by atoms with Crippen LogP contribution in [-0.2, 0) is 11.3 Å². The number of carbonyl (C=O) groups excluding carboxylic acids is 1. The number of halogens is 1. The highest BCUT2D eigenvalue weighted by molar-refractivity contribution is 9.10. The maximum Gasteiger partial charge on any atom is 0.244 e. The number of aromatic hydroxyl groups is 1. The Bertz CT molecular complexity index is 811. The third-order valence-corrected chi connectivity index (χ3v) is 3.67. The molecule has 0 bridgehead atoms. The molecule has 21 heavy (non-hydrogen) atoms. The number of anilines is 1. The fourth-order valence-electron chi connectivity index (χ4n) is 2.25. The molecular formula is C16H13BrN2O2. The van der Waals surface area contributed by atoms with Gasteiger partial charge in [-0.05, 0) is 36.4 Å². The van der Waals surface area contributed by atoms with Gasteiger partial charge >= 0.3 is 0 Å². The molecule has 0 aliphatic rings. The second kappa shape index (κ2) is 5.61. The average Bonchev–Trinajstić information content (AvgIpc) is 2.81. The number of carbonyl (C=O) groups is 1. The van der Waals surface area contributed by atoms with Gasteiger partial charge in [0.2, 0.25) is 5.91 Å². The number of fused-ring (bicyclic) bond motifs is 1. The summed E-state index contributed by atoms with van der Waals surface area (Å²) in [6.45, 7) is 0.223. The minimum absolute atomic E-state index is 0.129. The van der Waals surface area contributed by atoms with Crippen LogP contribution < -0.4 is 5.32 Å². The monoisotopic (exact) mass is 344 g/mol. The van der Waals surface area contributed by atoms with Crippen molar-refractivity contribution in [2.45, 2.75) is 6.54 Å². The van der Waals surface area contributed by atoms with Gasteiger partial charge in [-0.2, -0.15) is 0 Å². The van der Waals surface area contributed by atoms with Gasteiger partial charge in [0.1, 0.15) is 12.3 Å². The molecule has 4 nitrogen and oxygen atoms in total. The number of phenolic OH excluding ortho intramolecular Hbond substituents is 1. The number of rotatable bonds is 3. The fraction of sp³-hybridized carbons (Fsp3) is 0.0625. The first-order chi connectivity index (χ1) is 10.1. The average molecular weight is 345 g/mol. The zero-order valence-corrected chi connectivity index (χ0v) is 12.7. The van der Waals surface area contributed by atoms with Crippen LogP contribution in [0, 0.1) is 0 Å². The summed E-state index contributed by atoms with van der Waals surface area (Å²) in [5.41, 5.74) is 1.59. The molecule has 1 aromatic heterocycles. The second-order valence-electron chi connectivity index (χ2n) is 4.75. The topological polar surface area (TPSA) is 54.3 Å². The number of amides is 1. The lowest BCUT2D eigenvalue weighted by atomic mass is 10.2. The Morgan fingerprint density at radius 2 is 2.05 bits per heavy atom. The van der Waals surface area contributed by atoms with Crippen LogP contribution in [0.3, 0.4) is 0 Å². The zero-order valence-electron chi connectivity index (χ0n) is 11.1. The third kappa shape index (κ3) is 3.08. The van der Waals surface area contributed by atoms with Gasteiger partial charge in [-0.15, -0.1) is 0 Å². The molecule has 0 unspecified atom stereocenters. The van der Waals surface area contributed by atoms with E-state index in [-0.39, 0.29) is 18.2 Å². The maximum atomic E-state index is 12.1. The van der Waals surface area contributed by atoms with E-state index in [1.54, 1.807) is 18.2 Å². The smallest absolute Gasteiger partial charge is 0.244 e. The number of benzene rings is 2. The highest BCUT2D eigenvalue weighted by Gasteiger charge is 2.07. The van der Waals surface area contributed by atoms with E-state index in [2.05, 4.69) is 21.2 Å². The summed E-state index contributed by atoms with van der Waals surface area (Å²) in [6.07, 6.45) is 1.89. The van der Waals surface area contributed by atoms with Crippen LogP contribution in [0.25, 0.3) is 10.9 Å². The summed E-state index contributed by atoms with van der Waals surface area (Å²) in [4.78, 5) is 12.1. The van der Waals surface area contributed by atoms with Crippen LogP contribution in [0.4, 0.5) is 5.69 Å². The van der Waals surface area contributed by atoms with Crippen molar-refractivity contribution in [3.05, 3.63) is 59.2 Å². The van der Waals surface area contributed by atoms with Gasteiger partial charge in [0, 0.05) is 33.3 Å². The van der Waals surface area contributed by atoms with E-state index < -0.39 is 0 Å². The van der Waals surface area contributed by atoms with Crippen LogP contribution in [-0.4, -0.2) is 15.6 Å². The summed E-state index contributed by atoms with van der Waals surface area (Å²) in [6, 6.07) is 14.4. The predicted octanol–water partition coefficient (Wildman–Crippen LogP) is 3.75. The molecule has 0 fully saturated rings. The Balaban J connectivity index is 1.77. The number of phenols is 1. The predicted molar refractivity (Wildman–Crippen MR) is 86.4 cm³/mol. The molecule has 0 saturated carbocycles. The summed E-state index contributed by atoms with van der Waals surface area (Å²) >= 11 is 3.43. The van der Waals surface area contributed by atoms with E-state index in [9.17, 15) is 9.90 Å². The van der Waals surface area contributed by atoms with Crippen molar-refractivity contribution >= 4 is 38.4 Å². The van der Waals surface area contributed by atoms with Gasteiger partial charge < -0.3 is 15.0 Å². The number of hydrogen-bond donors (Lipinski definition) is 2. The van der Waals surface area contributed by atoms with Crippen molar-refractivity contribution in [1.82, 2.24) is 4.57 Å². The molecule has 1 heterocycles. The largest absolute Gasteiger partial charge is 0.508 e. The van der Waals surface area contributed by atoms with Gasteiger partial charge in [0.25, 0.3) is 0 Å². The van der Waals surface area contributed by atoms with Crippen LogP contribution in [0.5, 0.6) is 5.75 Å². The molecular weight excluding hydrogens is 332 g/mol. The molecule has 0 atom stereocenters. The Hall–Kier alpha value is -2.27. The molecule has 0 saturated heterocycles. The standard InChI is InChI=1S/C16H13BrN2O2/c17-12-4-5-15-11(8-12)6-7-19(15)10-16(21)18-13-2-1-3-14(20)9-13/h1-9,20H,10H2,(H,18,21). The minimum Gasteiger partial charge on any atom is -0.508 e. The number of hydrogen-bond acceptors (Lipinski definition) is 2. The molecule has 5 heteroatoms. The van der Waals surface area contributed by atoms with E-state index in [4.69, 9.17) is 0 Å². The van der Waals surface area contributed by atoms with E-state index in [1.165, 1.54) is 6.07 Å². The lowest BCUT2D eigenvalue weighted by molar-refractivity contribution is -0.116. The summed E-state index contributed by atoms with van der Waals surface area (Å²) < 4.78 is 2.90. The van der Waals surface area contributed by atoms with E-state index in [0.717, 1.165) is 15.4 Å². The minimum atomic E-state index is -0.138. The third-order valence-electron chi connectivity index (χ3n) is 3.18. The van der Waals surface area contributed by atoms with E-state index in [1.807, 2.05) is 35.0 Å². The molecule has 0 spiro atoms. The van der Waals surface area contributed by atoms with Gasteiger partial charge in [0.05, 0.1) is 0 Å². The highest BCUT2D eigenvalue weighted by Crippen LogP contribution is 2.21. The first-order valence-corrected chi connectivity index (χ1v) is 7.24. The van der Waals surface area contributed by atoms with Crippen molar-refractivity contribution < 1.29 is 9.90 Å². The Labute approximate surface area is 130 Å². The van der Waals surface area contributed by atoms with Crippen molar-refractivity contribution in [3.8, 4) is 5.75 Å². The first-order valence-electron chi connectivity index (χ1n) is 6.45. The Morgan fingerprint density at radius 3 is 2.86 bits per heavy atom. The quantitative estimate of drug-likeness (QED) is 0.760. The van der Waals surface area contributed by atoms with Gasteiger partial charge in [-0.3, -0.25) is 4.79 Å². The molecule has 1 amide bonds. The first kappa shape index (κ1) is 13.7. The van der Waals surface area contributed by atoms with Crippen LogP contribution in [0.1, 0.15) is 0 Å². The van der Waals surface area contributed by atoms with E-state index >= 15 is 0 Å². The molecule has 2 N–H and O–H groups in total. The second-order valence-corrected chi connectivity index (χ2v) is 5.66. The zero-order chi connectivity index (χ0) is 14.8. The van der Waals surface area contributed by atoms with Crippen LogP contribution in [0.15, 0.2) is 59.2 Å². The van der Waals surface area contributed by atoms with Crippen molar-refractivity contribution in [2.75, 3.05) is 5.32 Å². The molecule has 0 aliphatic heterocycles. The summed E-state index contributed by atoms with van der Waals surface area (Å²) in [5.74, 6) is -0.00918. The SMILES string of the molecule is O=C(Cn1ccc2cc(Br)ccc21)Nc1cccc(O)c1. The van der Waals surface area contributed by atoms with Crippen molar-refractivity contribution in [2.24, 2.45) is 0 Å². The van der Waals surface area contributed by atoms with Gasteiger partial charge in [0.15, 0.2) is 0 Å². The number of nitrogens with one attached hydrogen (secondary N) is 1. The Kier molecular flexibility index (Phi) is 3.66. The van der Waals surface area contributed by atoms with Crippen LogP contribution >= 0.6 is 15.9 Å². The lowest BCUT2D eigenvalue weighted by Gasteiger charge is -2.08. The molecule has 3 rings (SSSR count). The van der Waals surface area contributed by atoms with Crippen LogP contribution in [0.2, 0.25) is 0 Å². The van der Waals surface area contributed by atoms with Crippen molar-refractivity contribution in [3.63, 3.8) is 0 Å². The van der Waals surface area contributed by atoms with Gasteiger partial charge in [-0.25, -0.2) is 0 Å². The summed E-state index contributed by atoms with van der Waals surface area (Å²) in [5, 5.41) is 13.2. The molecule has 106 valence electrons. The fourth-order valence-corrected chi connectivity index (χ4v) is 2.63. The highest BCUT2D eigenvalue weighted by atomic mass is 79.9. The van der Waals surface area contributed by atoms with Gasteiger partial charge in [-0.1, -0.05) is 22.0 Å².